The minimum absolute atomic E-state index is 0.0750. The molecule has 0 aromatic heterocycles. The van der Waals surface area contributed by atoms with E-state index in [1.807, 2.05) is 24.3 Å². The zero-order chi connectivity index (χ0) is 15.1. The second-order valence-electron chi connectivity index (χ2n) is 5.20. The Balaban J connectivity index is 1.66. The van der Waals surface area contributed by atoms with Crippen LogP contribution in [0.25, 0.3) is 0 Å². The molecule has 1 aliphatic heterocycles. The minimum atomic E-state index is -0.550. The SMILES string of the molecule is O=C1CCN(CC(O)COCc2ccc(Cl)cc2)CCN1. The van der Waals surface area contributed by atoms with Gasteiger partial charge < -0.3 is 15.2 Å². The molecule has 5 nitrogen and oxygen atoms in total. The summed E-state index contributed by atoms with van der Waals surface area (Å²) in [6, 6.07) is 7.44. The number of benzene rings is 1. The molecule has 0 spiro atoms. The van der Waals surface area contributed by atoms with Crippen LogP contribution < -0.4 is 5.32 Å². The van der Waals surface area contributed by atoms with Crippen LogP contribution in [0.4, 0.5) is 0 Å². The van der Waals surface area contributed by atoms with Crippen molar-refractivity contribution < 1.29 is 14.6 Å². The van der Waals surface area contributed by atoms with Gasteiger partial charge in [0.05, 0.1) is 19.3 Å². The molecule has 21 heavy (non-hydrogen) atoms. The van der Waals surface area contributed by atoms with Gasteiger partial charge in [-0.3, -0.25) is 9.69 Å². The summed E-state index contributed by atoms with van der Waals surface area (Å²) in [5.41, 5.74) is 1.02. The molecule has 1 saturated heterocycles. The van der Waals surface area contributed by atoms with Crippen LogP contribution in [0.1, 0.15) is 12.0 Å². The van der Waals surface area contributed by atoms with Crippen LogP contribution in [-0.4, -0.2) is 54.8 Å². The zero-order valence-electron chi connectivity index (χ0n) is 11.9. The van der Waals surface area contributed by atoms with E-state index in [-0.39, 0.29) is 12.5 Å². The summed E-state index contributed by atoms with van der Waals surface area (Å²) in [6.45, 7) is 3.33. The Morgan fingerprint density at radius 2 is 2.10 bits per heavy atom. The number of nitrogens with one attached hydrogen (secondary N) is 1. The monoisotopic (exact) mass is 312 g/mol. The molecule has 2 N–H and O–H groups in total. The molecule has 1 heterocycles. The molecule has 1 unspecified atom stereocenters. The summed E-state index contributed by atoms with van der Waals surface area (Å²) in [5.74, 6) is 0.0750. The van der Waals surface area contributed by atoms with Crippen LogP contribution in [0, 0.1) is 0 Å². The average Bonchev–Trinajstić information content (AvgIpc) is 2.66. The van der Waals surface area contributed by atoms with E-state index in [0.29, 0.717) is 37.7 Å². The molecule has 1 atom stereocenters. The molecule has 0 saturated carbocycles. The van der Waals surface area contributed by atoms with Crippen molar-refractivity contribution in [3.8, 4) is 0 Å². The van der Waals surface area contributed by atoms with Crippen molar-refractivity contribution in [3.63, 3.8) is 0 Å². The van der Waals surface area contributed by atoms with E-state index in [0.717, 1.165) is 12.1 Å². The summed E-state index contributed by atoms with van der Waals surface area (Å²) in [7, 11) is 0. The Morgan fingerprint density at radius 3 is 2.86 bits per heavy atom. The first-order valence-electron chi connectivity index (χ1n) is 7.13. The number of β-amino-alcohol motifs (C(OH)–C–C–N with tert-alkyl or cyclic N) is 1. The van der Waals surface area contributed by atoms with Gasteiger partial charge in [-0.1, -0.05) is 23.7 Å². The van der Waals surface area contributed by atoms with Crippen LogP contribution in [-0.2, 0) is 16.1 Å². The van der Waals surface area contributed by atoms with Crippen molar-refractivity contribution in [2.75, 3.05) is 32.8 Å². The normalized spacial score (nSPS) is 18.1. The third-order valence-corrected chi connectivity index (χ3v) is 3.62. The number of nitrogens with zero attached hydrogens (tertiary/aromatic N) is 1. The van der Waals surface area contributed by atoms with Gasteiger partial charge in [-0.15, -0.1) is 0 Å². The molecule has 0 radical (unpaired) electrons. The van der Waals surface area contributed by atoms with Gasteiger partial charge >= 0.3 is 0 Å². The quantitative estimate of drug-likeness (QED) is 0.824. The lowest BCUT2D eigenvalue weighted by Crippen LogP contribution is -2.37. The largest absolute Gasteiger partial charge is 0.389 e. The van der Waals surface area contributed by atoms with Gasteiger partial charge in [0.25, 0.3) is 0 Å². The molecule has 1 aliphatic rings. The highest BCUT2D eigenvalue weighted by atomic mass is 35.5. The molecule has 2 rings (SSSR count). The number of ether oxygens (including phenoxy) is 1. The number of hydrogen-bond acceptors (Lipinski definition) is 4. The minimum Gasteiger partial charge on any atom is -0.389 e. The van der Waals surface area contributed by atoms with E-state index in [9.17, 15) is 9.90 Å². The van der Waals surface area contributed by atoms with Crippen LogP contribution in [0.2, 0.25) is 5.02 Å². The van der Waals surface area contributed by atoms with E-state index in [1.54, 1.807) is 0 Å². The van der Waals surface area contributed by atoms with Crippen LogP contribution in [0.5, 0.6) is 0 Å². The molecule has 1 amide bonds. The van der Waals surface area contributed by atoms with E-state index in [4.69, 9.17) is 16.3 Å². The van der Waals surface area contributed by atoms with Crippen molar-refractivity contribution in [2.24, 2.45) is 0 Å². The molecule has 6 heteroatoms. The van der Waals surface area contributed by atoms with Crippen molar-refractivity contribution in [3.05, 3.63) is 34.9 Å². The summed E-state index contributed by atoms with van der Waals surface area (Å²) >= 11 is 5.81. The topological polar surface area (TPSA) is 61.8 Å². The van der Waals surface area contributed by atoms with Gasteiger partial charge in [-0.2, -0.15) is 0 Å². The Bertz CT molecular complexity index is 453. The number of hydrogen-bond donors (Lipinski definition) is 2. The lowest BCUT2D eigenvalue weighted by Gasteiger charge is -2.22. The number of aliphatic hydroxyl groups is 1. The lowest BCUT2D eigenvalue weighted by molar-refractivity contribution is -0.120. The Kier molecular flexibility index (Phi) is 6.45. The average molecular weight is 313 g/mol. The molecular weight excluding hydrogens is 292 g/mol. The molecule has 0 aliphatic carbocycles. The second-order valence-corrected chi connectivity index (χ2v) is 5.63. The van der Waals surface area contributed by atoms with Crippen LogP contribution in [0.3, 0.4) is 0 Å². The number of halogens is 1. The smallest absolute Gasteiger partial charge is 0.221 e. The van der Waals surface area contributed by atoms with Gasteiger partial charge in [-0.05, 0) is 17.7 Å². The predicted molar refractivity (Wildman–Crippen MR) is 81.2 cm³/mol. The third-order valence-electron chi connectivity index (χ3n) is 3.37. The molecule has 1 aromatic rings. The number of carbonyl (C=O) groups is 1. The third kappa shape index (κ3) is 6.01. The molecule has 116 valence electrons. The highest BCUT2D eigenvalue weighted by molar-refractivity contribution is 6.30. The molecule has 1 fully saturated rings. The van der Waals surface area contributed by atoms with Gasteiger partial charge in [0.2, 0.25) is 5.91 Å². The van der Waals surface area contributed by atoms with E-state index >= 15 is 0 Å². The van der Waals surface area contributed by atoms with Gasteiger partial charge in [0.15, 0.2) is 0 Å². The molecular formula is C15H21ClN2O3. The molecule has 1 aromatic carbocycles. The van der Waals surface area contributed by atoms with E-state index < -0.39 is 6.10 Å². The highest BCUT2D eigenvalue weighted by Gasteiger charge is 2.16. The van der Waals surface area contributed by atoms with Gasteiger partial charge in [0, 0.05) is 37.6 Å². The standard InChI is InChI=1S/C15H21ClN2O3/c16-13-3-1-12(2-4-13)10-21-11-14(19)9-18-7-5-15(20)17-6-8-18/h1-4,14,19H,5-11H2,(H,17,20). The van der Waals surface area contributed by atoms with Crippen molar-refractivity contribution >= 4 is 17.5 Å². The Labute approximate surface area is 129 Å². The van der Waals surface area contributed by atoms with Crippen LogP contribution in [0.15, 0.2) is 24.3 Å². The first-order chi connectivity index (χ1) is 10.1. The maximum absolute atomic E-state index is 11.2. The van der Waals surface area contributed by atoms with Crippen molar-refractivity contribution in [1.82, 2.24) is 10.2 Å². The predicted octanol–water partition coefficient (Wildman–Crippen LogP) is 1.04. The number of aliphatic hydroxyl groups excluding tert-OH is 1. The fraction of sp³-hybridized carbons (Fsp3) is 0.533. The maximum atomic E-state index is 11.2. The van der Waals surface area contributed by atoms with Crippen molar-refractivity contribution in [2.45, 2.75) is 19.1 Å². The zero-order valence-corrected chi connectivity index (χ0v) is 12.7. The molecule has 0 bridgehead atoms. The second kappa shape index (κ2) is 8.34. The van der Waals surface area contributed by atoms with Gasteiger partial charge in [0.1, 0.15) is 0 Å². The van der Waals surface area contributed by atoms with E-state index in [2.05, 4.69) is 10.2 Å². The van der Waals surface area contributed by atoms with Crippen LogP contribution >= 0.6 is 11.6 Å². The van der Waals surface area contributed by atoms with Crippen molar-refractivity contribution in [1.29, 1.82) is 0 Å². The maximum Gasteiger partial charge on any atom is 0.221 e. The Hall–Kier alpha value is -1.14. The fourth-order valence-electron chi connectivity index (χ4n) is 2.24. The fourth-order valence-corrected chi connectivity index (χ4v) is 2.37. The summed E-state index contributed by atoms with van der Waals surface area (Å²) in [5, 5.41) is 13.5. The summed E-state index contributed by atoms with van der Waals surface area (Å²) in [6.07, 6.45) is -0.0660. The first kappa shape index (κ1) is 16.2. The van der Waals surface area contributed by atoms with E-state index in [1.165, 1.54) is 0 Å². The summed E-state index contributed by atoms with van der Waals surface area (Å²) < 4.78 is 5.51. The van der Waals surface area contributed by atoms with Gasteiger partial charge in [-0.25, -0.2) is 0 Å². The number of carbonyl (C=O) groups excluding carboxylic acids is 1. The summed E-state index contributed by atoms with van der Waals surface area (Å²) in [4.78, 5) is 13.3. The first-order valence-corrected chi connectivity index (χ1v) is 7.50. The number of rotatable bonds is 6. The lowest BCUT2D eigenvalue weighted by atomic mass is 10.2. The Morgan fingerprint density at radius 1 is 1.33 bits per heavy atom. The highest BCUT2D eigenvalue weighted by Crippen LogP contribution is 2.10. The number of amides is 1.